The first-order valence-corrected chi connectivity index (χ1v) is 12.7. The van der Waals surface area contributed by atoms with Crippen LogP contribution in [0.15, 0.2) is 89.3 Å². The number of carbonyl (C=O) groups is 2. The number of nitrogens with one attached hydrogen (secondary N) is 2. The van der Waals surface area contributed by atoms with Crippen LogP contribution < -0.4 is 20.2 Å². The minimum absolute atomic E-state index is 0.279. The van der Waals surface area contributed by atoms with Gasteiger partial charge >= 0.3 is 0 Å². The molecule has 3 aromatic carbocycles. The predicted octanol–water partition coefficient (Wildman–Crippen LogP) is 6.40. The van der Waals surface area contributed by atoms with Crippen LogP contribution in [0.3, 0.4) is 0 Å². The zero-order chi connectivity index (χ0) is 26.0. The lowest BCUT2D eigenvalue weighted by atomic mass is 10.1. The molecule has 1 heterocycles. The van der Waals surface area contributed by atoms with Crippen LogP contribution in [0.2, 0.25) is 5.02 Å². The number of halogens is 1. The van der Waals surface area contributed by atoms with Crippen molar-refractivity contribution in [3.8, 4) is 11.5 Å². The van der Waals surface area contributed by atoms with Gasteiger partial charge in [-0.2, -0.15) is 5.10 Å². The van der Waals surface area contributed by atoms with Gasteiger partial charge in [0.15, 0.2) is 11.5 Å². The second kappa shape index (κ2) is 12.7. The highest BCUT2D eigenvalue weighted by Gasteiger charge is 2.14. The van der Waals surface area contributed by atoms with E-state index in [1.54, 1.807) is 54.6 Å². The topological polar surface area (TPSA) is 89.0 Å². The van der Waals surface area contributed by atoms with Gasteiger partial charge in [-0.1, -0.05) is 48.0 Å². The van der Waals surface area contributed by atoms with Gasteiger partial charge in [0.1, 0.15) is 6.61 Å². The summed E-state index contributed by atoms with van der Waals surface area (Å²) in [6, 6.07) is 23.1. The molecule has 0 saturated heterocycles. The van der Waals surface area contributed by atoms with E-state index in [-0.39, 0.29) is 5.91 Å². The van der Waals surface area contributed by atoms with Crippen molar-refractivity contribution in [2.75, 3.05) is 11.9 Å². The van der Waals surface area contributed by atoms with Crippen LogP contribution in [0.5, 0.6) is 11.5 Å². The highest BCUT2D eigenvalue weighted by molar-refractivity contribution is 7.12. The van der Waals surface area contributed by atoms with Crippen LogP contribution >= 0.6 is 22.9 Å². The quantitative estimate of drug-likeness (QED) is 0.182. The Labute approximate surface area is 223 Å². The number of hydrazone groups is 1. The van der Waals surface area contributed by atoms with Gasteiger partial charge in [0.25, 0.3) is 11.8 Å². The average molecular weight is 534 g/mol. The maximum absolute atomic E-state index is 12.8. The number of benzene rings is 3. The van der Waals surface area contributed by atoms with E-state index in [1.165, 1.54) is 17.6 Å². The Balaban J connectivity index is 1.41. The predicted molar refractivity (Wildman–Crippen MR) is 147 cm³/mol. The van der Waals surface area contributed by atoms with E-state index >= 15 is 0 Å². The summed E-state index contributed by atoms with van der Waals surface area (Å²) in [5.41, 5.74) is 4.77. The van der Waals surface area contributed by atoms with Gasteiger partial charge in [0.2, 0.25) is 0 Å². The summed E-state index contributed by atoms with van der Waals surface area (Å²) < 4.78 is 11.7. The largest absolute Gasteiger partial charge is 0.490 e. The Bertz CT molecular complexity index is 1410. The van der Waals surface area contributed by atoms with E-state index in [4.69, 9.17) is 21.1 Å². The monoisotopic (exact) mass is 533 g/mol. The molecule has 0 unspecified atom stereocenters. The molecular weight excluding hydrogens is 510 g/mol. The van der Waals surface area contributed by atoms with Crippen molar-refractivity contribution in [2.24, 2.45) is 5.10 Å². The second-order valence-electron chi connectivity index (χ2n) is 7.70. The molecule has 4 aromatic rings. The first kappa shape index (κ1) is 25.9. The highest BCUT2D eigenvalue weighted by atomic mass is 35.5. The van der Waals surface area contributed by atoms with E-state index in [1.807, 2.05) is 36.6 Å². The fourth-order valence-corrected chi connectivity index (χ4v) is 4.18. The molecule has 4 rings (SSSR count). The van der Waals surface area contributed by atoms with Gasteiger partial charge in [0.05, 0.1) is 28.9 Å². The molecule has 37 heavy (non-hydrogen) atoms. The lowest BCUT2D eigenvalue weighted by Gasteiger charge is -2.13. The Hall–Kier alpha value is -4.14. The van der Waals surface area contributed by atoms with Crippen molar-refractivity contribution < 1.29 is 19.1 Å². The molecule has 0 aliphatic heterocycles. The van der Waals surface area contributed by atoms with Crippen molar-refractivity contribution in [1.82, 2.24) is 5.43 Å². The third-order valence-electron chi connectivity index (χ3n) is 5.15. The van der Waals surface area contributed by atoms with Gasteiger partial charge < -0.3 is 14.8 Å². The van der Waals surface area contributed by atoms with Crippen LogP contribution in [-0.4, -0.2) is 24.6 Å². The van der Waals surface area contributed by atoms with Crippen LogP contribution in [0.1, 0.15) is 38.1 Å². The maximum Gasteiger partial charge on any atom is 0.273 e. The van der Waals surface area contributed by atoms with Crippen LogP contribution in [0.4, 0.5) is 5.69 Å². The maximum atomic E-state index is 12.8. The molecule has 0 atom stereocenters. The van der Waals surface area contributed by atoms with E-state index in [0.717, 1.165) is 5.56 Å². The number of thiophene rings is 1. The third kappa shape index (κ3) is 6.97. The summed E-state index contributed by atoms with van der Waals surface area (Å²) in [5, 5.41) is 9.30. The number of hydrogen-bond acceptors (Lipinski definition) is 6. The molecule has 1 aromatic heterocycles. The van der Waals surface area contributed by atoms with Crippen molar-refractivity contribution in [2.45, 2.75) is 13.5 Å². The molecule has 0 aliphatic carbocycles. The van der Waals surface area contributed by atoms with Crippen LogP contribution in [-0.2, 0) is 6.61 Å². The second-order valence-corrected chi connectivity index (χ2v) is 9.05. The minimum Gasteiger partial charge on any atom is -0.490 e. The summed E-state index contributed by atoms with van der Waals surface area (Å²) in [7, 11) is 0. The average Bonchev–Trinajstić information content (AvgIpc) is 3.45. The first-order valence-electron chi connectivity index (χ1n) is 11.5. The Morgan fingerprint density at radius 1 is 0.946 bits per heavy atom. The molecule has 0 bridgehead atoms. The number of hydrogen-bond donors (Lipinski definition) is 2. The SMILES string of the molecule is CCOc1cc(/C=N\NC(=O)c2ccccc2NC(=O)c2cccs2)ccc1OCc1ccccc1Cl. The Kier molecular flexibility index (Phi) is 8.91. The third-order valence-corrected chi connectivity index (χ3v) is 6.39. The van der Waals surface area contributed by atoms with Crippen molar-refractivity contribution in [3.63, 3.8) is 0 Å². The summed E-state index contributed by atoms with van der Waals surface area (Å²) in [6.07, 6.45) is 1.51. The smallest absolute Gasteiger partial charge is 0.273 e. The molecule has 0 saturated carbocycles. The number of ether oxygens (including phenoxy) is 2. The Morgan fingerprint density at radius 2 is 1.76 bits per heavy atom. The molecule has 188 valence electrons. The molecule has 0 fully saturated rings. The lowest BCUT2D eigenvalue weighted by Crippen LogP contribution is -2.21. The lowest BCUT2D eigenvalue weighted by molar-refractivity contribution is 0.0956. The number of anilines is 1. The van der Waals surface area contributed by atoms with Crippen molar-refractivity contribution in [3.05, 3.63) is 111 Å². The fraction of sp³-hybridized carbons (Fsp3) is 0.107. The number of amides is 2. The molecule has 2 amide bonds. The van der Waals surface area contributed by atoms with Gasteiger partial charge in [-0.25, -0.2) is 5.43 Å². The van der Waals surface area contributed by atoms with E-state index in [0.29, 0.717) is 51.4 Å². The first-order chi connectivity index (χ1) is 18.0. The molecule has 2 N–H and O–H groups in total. The molecule has 0 aliphatic rings. The Morgan fingerprint density at radius 3 is 2.54 bits per heavy atom. The van der Waals surface area contributed by atoms with Gasteiger partial charge in [-0.15, -0.1) is 11.3 Å². The van der Waals surface area contributed by atoms with Gasteiger partial charge in [-0.05, 0) is 60.3 Å². The van der Waals surface area contributed by atoms with E-state index < -0.39 is 5.91 Å². The highest BCUT2D eigenvalue weighted by Crippen LogP contribution is 2.29. The molecule has 0 spiro atoms. The number of para-hydroxylation sites is 1. The minimum atomic E-state index is -0.456. The number of rotatable bonds is 10. The van der Waals surface area contributed by atoms with Crippen LogP contribution in [0.25, 0.3) is 0 Å². The van der Waals surface area contributed by atoms with Gasteiger partial charge in [-0.3, -0.25) is 9.59 Å². The number of carbonyl (C=O) groups excluding carboxylic acids is 2. The summed E-state index contributed by atoms with van der Waals surface area (Å²) in [5.74, 6) is 0.381. The zero-order valence-corrected chi connectivity index (χ0v) is 21.5. The molecule has 9 heteroatoms. The molecular formula is C28H24ClN3O4S. The van der Waals surface area contributed by atoms with E-state index in [9.17, 15) is 9.59 Å². The number of nitrogens with zero attached hydrogens (tertiary/aromatic N) is 1. The molecule has 0 radical (unpaired) electrons. The van der Waals surface area contributed by atoms with Crippen molar-refractivity contribution >= 4 is 46.7 Å². The summed E-state index contributed by atoms with van der Waals surface area (Å²) in [6.45, 7) is 2.63. The zero-order valence-electron chi connectivity index (χ0n) is 19.9. The summed E-state index contributed by atoms with van der Waals surface area (Å²) in [4.78, 5) is 25.7. The normalized spacial score (nSPS) is 10.8. The van der Waals surface area contributed by atoms with Crippen LogP contribution in [0, 0.1) is 0 Å². The van der Waals surface area contributed by atoms with Crippen molar-refractivity contribution in [1.29, 1.82) is 0 Å². The fourth-order valence-electron chi connectivity index (χ4n) is 3.37. The standard InChI is InChI=1S/C28H24ClN3O4S/c1-2-35-25-16-19(13-14-24(25)36-18-20-8-3-5-10-22(20)29)17-30-32-27(33)21-9-4-6-11-23(21)31-28(34)26-12-7-15-37-26/h3-17H,2,18H2,1H3,(H,31,34)(H,32,33)/b30-17-. The summed E-state index contributed by atoms with van der Waals surface area (Å²) >= 11 is 7.54. The van der Waals surface area contributed by atoms with E-state index in [2.05, 4.69) is 15.8 Å². The molecule has 7 nitrogen and oxygen atoms in total. The van der Waals surface area contributed by atoms with Gasteiger partial charge in [0, 0.05) is 10.6 Å².